The van der Waals surface area contributed by atoms with Crippen molar-refractivity contribution >= 4 is 34.4 Å². The zero-order valence-corrected chi connectivity index (χ0v) is 17.7. The van der Waals surface area contributed by atoms with Gasteiger partial charge in [-0.15, -0.1) is 0 Å². The number of piperidine rings is 1. The van der Waals surface area contributed by atoms with Crippen molar-refractivity contribution in [3.05, 3.63) is 35.5 Å². The lowest BCUT2D eigenvalue weighted by Crippen LogP contribution is -2.43. The first kappa shape index (κ1) is 20.5. The number of H-pyrrole nitrogens is 1. The molecule has 1 fully saturated rings. The molecular weight excluding hydrogens is 407 g/mol. The zero-order valence-electron chi connectivity index (χ0n) is 17.0. The molecule has 0 unspecified atom stereocenters. The molecule has 1 amide bonds. The van der Waals surface area contributed by atoms with E-state index in [4.69, 9.17) is 11.6 Å². The second-order valence-corrected chi connectivity index (χ2v) is 8.41. The highest BCUT2D eigenvalue weighted by Gasteiger charge is 2.25. The number of nitrogens with zero attached hydrogens (tertiary/aromatic N) is 4. The van der Waals surface area contributed by atoms with Gasteiger partial charge in [0.05, 0.1) is 11.2 Å². The zero-order chi connectivity index (χ0) is 21.3. The number of likely N-dealkylation sites (tertiary alicyclic amines) is 1. The molecule has 0 radical (unpaired) electrons. The minimum absolute atomic E-state index is 0.0160. The standard InChI is InChI=1S/C21H24ClFN6O/c1-12(2)21(30)29-5-3-4-13(11-29)7-24-20-17(23)10-27-19(28-20)16-9-26-18-15(16)6-14(22)8-25-18/h6,8-10,12-13H,3-5,7,11H2,1-2H3,(H,25,26)(H,24,27,28)/t13-/m0/s1. The van der Waals surface area contributed by atoms with E-state index in [1.54, 1.807) is 18.5 Å². The smallest absolute Gasteiger partial charge is 0.225 e. The van der Waals surface area contributed by atoms with Gasteiger partial charge in [0, 0.05) is 48.9 Å². The highest BCUT2D eigenvalue weighted by atomic mass is 35.5. The molecule has 0 aliphatic carbocycles. The third-order valence-electron chi connectivity index (χ3n) is 5.37. The average molecular weight is 431 g/mol. The van der Waals surface area contributed by atoms with Crippen LogP contribution in [0.2, 0.25) is 5.02 Å². The highest BCUT2D eigenvalue weighted by Crippen LogP contribution is 2.28. The maximum atomic E-state index is 14.4. The minimum atomic E-state index is -0.513. The summed E-state index contributed by atoms with van der Waals surface area (Å²) in [6, 6.07) is 1.78. The molecule has 1 atom stereocenters. The lowest BCUT2D eigenvalue weighted by molar-refractivity contribution is -0.136. The number of aromatic nitrogens is 4. The van der Waals surface area contributed by atoms with Crippen LogP contribution in [0.1, 0.15) is 26.7 Å². The molecule has 30 heavy (non-hydrogen) atoms. The van der Waals surface area contributed by atoms with Crippen LogP contribution >= 0.6 is 11.6 Å². The van der Waals surface area contributed by atoms with Crippen LogP contribution in [0.25, 0.3) is 22.4 Å². The van der Waals surface area contributed by atoms with E-state index in [0.29, 0.717) is 35.1 Å². The molecule has 1 aliphatic rings. The van der Waals surface area contributed by atoms with Gasteiger partial charge in [0.1, 0.15) is 5.65 Å². The van der Waals surface area contributed by atoms with Crippen LogP contribution in [0.15, 0.2) is 24.7 Å². The maximum absolute atomic E-state index is 14.4. The number of hydrogen-bond acceptors (Lipinski definition) is 5. The molecule has 3 aromatic heterocycles. The first-order valence-corrected chi connectivity index (χ1v) is 10.5. The number of rotatable bonds is 5. The number of halogens is 2. The monoisotopic (exact) mass is 430 g/mol. The Morgan fingerprint density at radius 1 is 1.40 bits per heavy atom. The summed E-state index contributed by atoms with van der Waals surface area (Å²) in [6.45, 7) is 5.83. The fourth-order valence-electron chi connectivity index (χ4n) is 3.82. The molecule has 1 saturated heterocycles. The normalized spacial score (nSPS) is 17.0. The van der Waals surface area contributed by atoms with Crippen LogP contribution in [0, 0.1) is 17.7 Å². The number of hydrogen-bond donors (Lipinski definition) is 2. The number of amides is 1. The van der Waals surface area contributed by atoms with E-state index in [1.165, 1.54) is 0 Å². The number of nitrogens with one attached hydrogen (secondary N) is 2. The van der Waals surface area contributed by atoms with E-state index in [-0.39, 0.29) is 23.6 Å². The SMILES string of the molecule is CC(C)C(=O)N1CCC[C@@H](CNc2nc(-c3c[nH]c4ncc(Cl)cc34)ncc2F)C1. The fourth-order valence-corrected chi connectivity index (χ4v) is 3.98. The molecule has 0 spiro atoms. The van der Waals surface area contributed by atoms with Crippen LogP contribution in [-0.2, 0) is 4.79 Å². The van der Waals surface area contributed by atoms with Crippen LogP contribution < -0.4 is 5.32 Å². The quantitative estimate of drug-likeness (QED) is 0.635. The van der Waals surface area contributed by atoms with Crippen LogP contribution in [-0.4, -0.2) is 50.4 Å². The minimum Gasteiger partial charge on any atom is -0.367 e. The third kappa shape index (κ3) is 4.23. The Morgan fingerprint density at radius 3 is 3.03 bits per heavy atom. The summed E-state index contributed by atoms with van der Waals surface area (Å²) in [4.78, 5) is 30.0. The van der Waals surface area contributed by atoms with Crippen LogP contribution in [0.5, 0.6) is 0 Å². The van der Waals surface area contributed by atoms with Crippen LogP contribution in [0.3, 0.4) is 0 Å². The van der Waals surface area contributed by atoms with E-state index >= 15 is 0 Å². The maximum Gasteiger partial charge on any atom is 0.225 e. The van der Waals surface area contributed by atoms with Crippen molar-refractivity contribution < 1.29 is 9.18 Å². The Balaban J connectivity index is 1.50. The first-order chi connectivity index (χ1) is 14.4. The predicted octanol–water partition coefficient (Wildman–Crippen LogP) is 4.12. The molecule has 0 bridgehead atoms. The molecule has 0 aromatic carbocycles. The van der Waals surface area contributed by atoms with Gasteiger partial charge in [0.15, 0.2) is 17.5 Å². The third-order valence-corrected chi connectivity index (χ3v) is 5.57. The highest BCUT2D eigenvalue weighted by molar-refractivity contribution is 6.31. The van der Waals surface area contributed by atoms with Crippen molar-refractivity contribution in [1.82, 2.24) is 24.8 Å². The Kier molecular flexibility index (Phi) is 5.85. The Hall–Kier alpha value is -2.74. The summed E-state index contributed by atoms with van der Waals surface area (Å²) in [5.41, 5.74) is 1.36. The number of fused-ring (bicyclic) bond motifs is 1. The molecule has 4 rings (SSSR count). The topological polar surface area (TPSA) is 86.8 Å². The molecule has 7 nitrogen and oxygen atoms in total. The molecule has 4 heterocycles. The van der Waals surface area contributed by atoms with Crippen molar-refractivity contribution in [3.63, 3.8) is 0 Å². The van der Waals surface area contributed by atoms with Gasteiger partial charge in [-0.05, 0) is 24.8 Å². The molecule has 9 heteroatoms. The van der Waals surface area contributed by atoms with Gasteiger partial charge in [-0.25, -0.2) is 19.3 Å². The number of aromatic amines is 1. The molecule has 1 aliphatic heterocycles. The van der Waals surface area contributed by atoms with Gasteiger partial charge >= 0.3 is 0 Å². The molecule has 3 aromatic rings. The number of carbonyl (C=O) groups excluding carboxylic acids is 1. The Morgan fingerprint density at radius 2 is 2.23 bits per heavy atom. The van der Waals surface area contributed by atoms with E-state index in [0.717, 1.165) is 31.0 Å². The van der Waals surface area contributed by atoms with E-state index in [2.05, 4.69) is 25.3 Å². The Bertz CT molecular complexity index is 1070. The average Bonchev–Trinajstić information content (AvgIpc) is 3.15. The van der Waals surface area contributed by atoms with E-state index in [9.17, 15) is 9.18 Å². The summed E-state index contributed by atoms with van der Waals surface area (Å²) in [5, 5.41) is 4.39. The van der Waals surface area contributed by atoms with Gasteiger partial charge in [0.25, 0.3) is 0 Å². The van der Waals surface area contributed by atoms with Crippen molar-refractivity contribution in [3.8, 4) is 11.4 Å². The van der Waals surface area contributed by atoms with Crippen molar-refractivity contribution in [2.24, 2.45) is 11.8 Å². The molecular formula is C21H24ClFN6O. The summed E-state index contributed by atoms with van der Waals surface area (Å²) < 4.78 is 14.4. The van der Waals surface area contributed by atoms with Gasteiger partial charge in [-0.3, -0.25) is 4.79 Å². The molecule has 158 valence electrons. The number of pyridine rings is 1. The fraction of sp³-hybridized carbons (Fsp3) is 0.429. The first-order valence-electron chi connectivity index (χ1n) is 10.1. The van der Waals surface area contributed by atoms with Gasteiger partial charge in [0.2, 0.25) is 5.91 Å². The van der Waals surface area contributed by atoms with Gasteiger partial charge in [-0.2, -0.15) is 0 Å². The van der Waals surface area contributed by atoms with Crippen molar-refractivity contribution in [1.29, 1.82) is 0 Å². The summed E-state index contributed by atoms with van der Waals surface area (Å²) >= 11 is 6.06. The number of carbonyl (C=O) groups is 1. The summed E-state index contributed by atoms with van der Waals surface area (Å²) in [7, 11) is 0. The van der Waals surface area contributed by atoms with Crippen molar-refractivity contribution in [2.75, 3.05) is 25.0 Å². The Labute approximate surface area is 179 Å². The van der Waals surface area contributed by atoms with E-state index < -0.39 is 5.82 Å². The van der Waals surface area contributed by atoms with Crippen LogP contribution in [0.4, 0.5) is 10.2 Å². The largest absolute Gasteiger partial charge is 0.367 e. The second kappa shape index (κ2) is 8.55. The predicted molar refractivity (Wildman–Crippen MR) is 115 cm³/mol. The summed E-state index contributed by atoms with van der Waals surface area (Å²) in [6.07, 6.45) is 6.39. The summed E-state index contributed by atoms with van der Waals surface area (Å²) in [5.74, 6) is 0.418. The lowest BCUT2D eigenvalue weighted by Gasteiger charge is -2.34. The van der Waals surface area contributed by atoms with E-state index in [1.807, 2.05) is 18.7 Å². The molecule has 0 saturated carbocycles. The molecule has 2 N–H and O–H groups in total. The van der Waals surface area contributed by atoms with Crippen molar-refractivity contribution in [2.45, 2.75) is 26.7 Å². The number of anilines is 1. The lowest BCUT2D eigenvalue weighted by atomic mass is 9.97. The van der Waals surface area contributed by atoms with Gasteiger partial charge < -0.3 is 15.2 Å². The second-order valence-electron chi connectivity index (χ2n) is 7.97. The van der Waals surface area contributed by atoms with Gasteiger partial charge in [-0.1, -0.05) is 25.4 Å².